The molecular weight excluding hydrogens is 312 g/mol. The maximum Gasteiger partial charge on any atom is 0.276 e. The summed E-state index contributed by atoms with van der Waals surface area (Å²) in [7, 11) is 4.05. The molecule has 0 aliphatic carbocycles. The summed E-state index contributed by atoms with van der Waals surface area (Å²) in [4.78, 5) is 14.8. The third-order valence-corrected chi connectivity index (χ3v) is 3.88. The van der Waals surface area contributed by atoms with Crippen molar-refractivity contribution in [3.05, 3.63) is 47.3 Å². The molecule has 25 heavy (non-hydrogen) atoms. The highest BCUT2D eigenvalue weighted by Gasteiger charge is 2.23. The maximum atomic E-state index is 12.7. The van der Waals surface area contributed by atoms with Crippen molar-refractivity contribution in [2.45, 2.75) is 52.6 Å². The summed E-state index contributed by atoms with van der Waals surface area (Å²) < 4.78 is 1.95. The normalized spacial score (nSPS) is 12.0. The van der Waals surface area contributed by atoms with Crippen molar-refractivity contribution in [3.63, 3.8) is 0 Å². The van der Waals surface area contributed by atoms with Gasteiger partial charge in [-0.1, -0.05) is 26.0 Å². The molecule has 136 valence electrons. The van der Waals surface area contributed by atoms with Crippen LogP contribution >= 0.6 is 0 Å². The van der Waals surface area contributed by atoms with Gasteiger partial charge >= 0.3 is 0 Å². The van der Waals surface area contributed by atoms with E-state index in [9.17, 15) is 4.79 Å². The second-order valence-electron chi connectivity index (χ2n) is 8.08. The average Bonchev–Trinajstić information content (AvgIpc) is 2.92. The van der Waals surface area contributed by atoms with E-state index in [4.69, 9.17) is 0 Å². The Hall–Kier alpha value is -2.14. The van der Waals surface area contributed by atoms with Crippen molar-refractivity contribution >= 4 is 11.6 Å². The molecule has 1 aromatic heterocycles. The Morgan fingerprint density at radius 3 is 2.44 bits per heavy atom. The topological polar surface area (TPSA) is 50.2 Å². The number of nitrogens with one attached hydrogen (secondary N) is 1. The monoisotopic (exact) mass is 342 g/mol. The van der Waals surface area contributed by atoms with Gasteiger partial charge in [0.25, 0.3) is 5.91 Å². The van der Waals surface area contributed by atoms with Gasteiger partial charge in [-0.3, -0.25) is 9.48 Å². The Bertz CT molecular complexity index is 738. The molecule has 2 rings (SSSR count). The molecule has 1 heterocycles. The van der Waals surface area contributed by atoms with Crippen LogP contribution in [0.25, 0.3) is 0 Å². The second kappa shape index (κ2) is 7.40. The Morgan fingerprint density at radius 1 is 1.24 bits per heavy atom. The van der Waals surface area contributed by atoms with Crippen molar-refractivity contribution < 1.29 is 4.79 Å². The highest BCUT2D eigenvalue weighted by molar-refractivity contribution is 6.03. The van der Waals surface area contributed by atoms with Crippen LogP contribution in [0.5, 0.6) is 0 Å². The molecule has 5 heteroatoms. The zero-order valence-electron chi connectivity index (χ0n) is 16.4. The molecule has 1 aromatic carbocycles. The highest BCUT2D eigenvalue weighted by Crippen LogP contribution is 2.24. The van der Waals surface area contributed by atoms with E-state index in [1.165, 1.54) is 0 Å². The van der Waals surface area contributed by atoms with E-state index < -0.39 is 0 Å². The quantitative estimate of drug-likeness (QED) is 0.891. The van der Waals surface area contributed by atoms with Crippen LogP contribution in [0.15, 0.2) is 30.3 Å². The molecular formula is C20H30N4O. The molecule has 0 fully saturated rings. The van der Waals surface area contributed by atoms with Crippen molar-refractivity contribution in [1.29, 1.82) is 0 Å². The number of hydrogen-bond donors (Lipinski definition) is 1. The van der Waals surface area contributed by atoms with E-state index in [1.54, 1.807) is 0 Å². The first-order chi connectivity index (χ1) is 11.6. The largest absolute Gasteiger partial charge is 0.321 e. The molecule has 0 aliphatic heterocycles. The van der Waals surface area contributed by atoms with Gasteiger partial charge in [0.2, 0.25) is 0 Å². The Morgan fingerprint density at radius 2 is 1.92 bits per heavy atom. The molecule has 0 bridgehead atoms. The summed E-state index contributed by atoms with van der Waals surface area (Å²) in [6.45, 7) is 11.4. The molecule has 0 aliphatic rings. The van der Waals surface area contributed by atoms with E-state index in [0.717, 1.165) is 23.5 Å². The number of amides is 1. The first-order valence-electron chi connectivity index (χ1n) is 8.73. The zero-order chi connectivity index (χ0) is 18.8. The van der Waals surface area contributed by atoms with E-state index in [-0.39, 0.29) is 11.4 Å². The van der Waals surface area contributed by atoms with E-state index in [2.05, 4.69) is 56.0 Å². The lowest BCUT2D eigenvalue weighted by Crippen LogP contribution is -2.26. The van der Waals surface area contributed by atoms with Gasteiger partial charge in [0.1, 0.15) is 0 Å². The van der Waals surface area contributed by atoms with Crippen LogP contribution in [0, 0.1) is 0 Å². The molecule has 0 unspecified atom stereocenters. The van der Waals surface area contributed by atoms with Gasteiger partial charge in [0.05, 0.1) is 5.54 Å². The van der Waals surface area contributed by atoms with Crippen molar-refractivity contribution in [1.82, 2.24) is 14.7 Å². The van der Waals surface area contributed by atoms with Crippen LogP contribution in [0.1, 0.15) is 62.3 Å². The lowest BCUT2D eigenvalue weighted by Gasteiger charge is -2.23. The van der Waals surface area contributed by atoms with Crippen molar-refractivity contribution in [2.24, 2.45) is 0 Å². The maximum absolute atomic E-state index is 12.7. The summed E-state index contributed by atoms with van der Waals surface area (Å²) in [6, 6.07) is 9.82. The van der Waals surface area contributed by atoms with E-state index in [0.29, 0.717) is 11.6 Å². The van der Waals surface area contributed by atoms with Crippen LogP contribution in [0.2, 0.25) is 0 Å². The van der Waals surface area contributed by atoms with Crippen LogP contribution in [0.4, 0.5) is 5.69 Å². The van der Waals surface area contributed by atoms with Crippen LogP contribution in [-0.4, -0.2) is 34.7 Å². The summed E-state index contributed by atoms with van der Waals surface area (Å²) >= 11 is 0. The number of carbonyl (C=O) groups excluding carboxylic acids is 1. The molecule has 1 amide bonds. The Kier molecular flexibility index (Phi) is 5.68. The first kappa shape index (κ1) is 19.2. The van der Waals surface area contributed by atoms with E-state index in [1.807, 2.05) is 43.0 Å². The summed E-state index contributed by atoms with van der Waals surface area (Å²) in [5, 5.41) is 7.54. The fraction of sp³-hybridized carbons (Fsp3) is 0.500. The summed E-state index contributed by atoms with van der Waals surface area (Å²) in [5.41, 5.74) is 3.31. The van der Waals surface area contributed by atoms with Crippen molar-refractivity contribution in [2.75, 3.05) is 19.4 Å². The lowest BCUT2D eigenvalue weighted by molar-refractivity contribution is 0.102. The molecule has 5 nitrogen and oxygen atoms in total. The number of carbonyl (C=O) groups is 1. The van der Waals surface area contributed by atoms with Gasteiger partial charge in [0, 0.05) is 17.9 Å². The van der Waals surface area contributed by atoms with Gasteiger partial charge in [0.15, 0.2) is 5.69 Å². The molecule has 0 atom stereocenters. The van der Waals surface area contributed by atoms with Gasteiger partial charge in [-0.25, -0.2) is 0 Å². The predicted octanol–water partition coefficient (Wildman–Crippen LogP) is 4.08. The molecule has 0 radical (unpaired) electrons. The predicted molar refractivity (Wildman–Crippen MR) is 103 cm³/mol. The molecule has 0 saturated heterocycles. The second-order valence-corrected chi connectivity index (χ2v) is 8.08. The van der Waals surface area contributed by atoms with Gasteiger partial charge in [-0.2, -0.15) is 5.10 Å². The fourth-order valence-electron chi connectivity index (χ4n) is 2.76. The zero-order valence-corrected chi connectivity index (χ0v) is 16.4. The van der Waals surface area contributed by atoms with Crippen molar-refractivity contribution in [3.8, 4) is 0 Å². The number of hydrogen-bond acceptors (Lipinski definition) is 3. The average molecular weight is 342 g/mol. The molecule has 0 saturated carbocycles. The minimum absolute atomic E-state index is 0.163. The van der Waals surface area contributed by atoms with Crippen LogP contribution in [0.3, 0.4) is 0 Å². The molecule has 1 N–H and O–H groups in total. The lowest BCUT2D eigenvalue weighted by atomic mass is 10.1. The third kappa shape index (κ3) is 4.92. The molecule has 2 aromatic rings. The van der Waals surface area contributed by atoms with Crippen LogP contribution < -0.4 is 5.32 Å². The first-order valence-corrected chi connectivity index (χ1v) is 8.73. The Labute approximate surface area is 151 Å². The van der Waals surface area contributed by atoms with E-state index >= 15 is 0 Å². The molecule has 0 spiro atoms. The van der Waals surface area contributed by atoms with Gasteiger partial charge in [-0.05, 0) is 64.5 Å². The SMILES string of the molecule is CC(C)c1cc(C(=O)Nc2cccc(CN(C)C)c2)nn1C(C)(C)C. The summed E-state index contributed by atoms with van der Waals surface area (Å²) in [6.07, 6.45) is 0. The number of rotatable bonds is 5. The smallest absolute Gasteiger partial charge is 0.276 e. The standard InChI is InChI=1S/C20H30N4O/c1-14(2)18-12-17(22-24(18)20(3,4)5)19(25)21-16-10-8-9-15(11-16)13-23(6)7/h8-12,14H,13H2,1-7H3,(H,21,25). The number of aromatic nitrogens is 2. The third-order valence-electron chi connectivity index (χ3n) is 3.88. The van der Waals surface area contributed by atoms with Gasteiger partial charge < -0.3 is 10.2 Å². The van der Waals surface area contributed by atoms with Gasteiger partial charge in [-0.15, -0.1) is 0 Å². The minimum atomic E-state index is -0.174. The number of benzene rings is 1. The number of anilines is 1. The highest BCUT2D eigenvalue weighted by atomic mass is 16.2. The minimum Gasteiger partial charge on any atom is -0.321 e. The summed E-state index contributed by atoms with van der Waals surface area (Å²) in [5.74, 6) is 0.128. The fourth-order valence-corrected chi connectivity index (χ4v) is 2.76. The Balaban J connectivity index is 2.24. The number of nitrogens with zero attached hydrogens (tertiary/aromatic N) is 3. The van der Waals surface area contributed by atoms with Crippen LogP contribution in [-0.2, 0) is 12.1 Å².